The monoisotopic (exact) mass is 467 g/mol. The third-order valence-corrected chi connectivity index (χ3v) is 7.38. The van der Waals surface area contributed by atoms with E-state index in [2.05, 4.69) is 90.1 Å². The first kappa shape index (κ1) is 22.1. The van der Waals surface area contributed by atoms with Crippen molar-refractivity contribution in [2.45, 2.75) is 17.5 Å². The zero-order valence-corrected chi connectivity index (χ0v) is 20.1. The second-order valence-electron chi connectivity index (χ2n) is 9.49. The number of fused-ring (bicyclic) bond motifs is 3. The van der Waals surface area contributed by atoms with Gasteiger partial charge in [0.1, 0.15) is 0 Å². The molecule has 36 heavy (non-hydrogen) atoms. The third-order valence-electron chi connectivity index (χ3n) is 7.38. The zero-order chi connectivity index (χ0) is 24.7. The van der Waals surface area contributed by atoms with Gasteiger partial charge in [-0.2, -0.15) is 0 Å². The minimum atomic E-state index is -0.871. The fourth-order valence-corrected chi connectivity index (χ4v) is 5.81. The predicted molar refractivity (Wildman–Crippen MR) is 150 cm³/mol. The molecule has 0 radical (unpaired) electrons. The fraction of sp³-hybridized carbons (Fsp3) is 0.0909. The molecule has 0 saturated heterocycles. The first-order chi connectivity index (χ1) is 17.6. The largest absolute Gasteiger partial charge is 0.399 e. The van der Waals surface area contributed by atoms with Crippen molar-refractivity contribution in [3.05, 3.63) is 155 Å². The zero-order valence-electron chi connectivity index (χ0n) is 20.1. The van der Waals surface area contributed by atoms with E-state index >= 15 is 0 Å². The third kappa shape index (κ3) is 3.40. The molecule has 0 saturated carbocycles. The molecule has 3 nitrogen and oxygen atoms in total. The van der Waals surface area contributed by atoms with Gasteiger partial charge in [-0.25, -0.2) is 0 Å². The summed E-state index contributed by atoms with van der Waals surface area (Å²) in [6, 6.07) is 27.0. The molecule has 0 spiro atoms. The van der Waals surface area contributed by atoms with Crippen molar-refractivity contribution in [1.82, 2.24) is 4.57 Å². The van der Waals surface area contributed by atoms with Crippen LogP contribution in [0.25, 0.3) is 23.1 Å². The molecular weight excluding hydrogens is 438 g/mol. The molecule has 1 aliphatic heterocycles. The summed E-state index contributed by atoms with van der Waals surface area (Å²) in [5, 5.41) is 3.41. The van der Waals surface area contributed by atoms with Crippen molar-refractivity contribution in [3.63, 3.8) is 0 Å². The van der Waals surface area contributed by atoms with Gasteiger partial charge in [0.2, 0.25) is 0 Å². The molecule has 1 aliphatic carbocycles. The Kier molecular flexibility index (Phi) is 5.36. The highest BCUT2D eigenvalue weighted by Crippen LogP contribution is 2.43. The van der Waals surface area contributed by atoms with E-state index in [-0.39, 0.29) is 6.04 Å². The van der Waals surface area contributed by atoms with Crippen LogP contribution in [0.2, 0.25) is 0 Å². The van der Waals surface area contributed by atoms with Crippen LogP contribution in [-0.2, 0) is 5.54 Å². The Bertz CT molecular complexity index is 1630. The van der Waals surface area contributed by atoms with Gasteiger partial charge in [0.25, 0.3) is 0 Å². The van der Waals surface area contributed by atoms with E-state index < -0.39 is 5.54 Å². The van der Waals surface area contributed by atoms with Gasteiger partial charge in [-0.1, -0.05) is 122 Å². The maximum Gasteiger partial charge on any atom is 0.0875 e. The number of benzene rings is 3. The highest BCUT2D eigenvalue weighted by atomic mass is 15.0. The van der Waals surface area contributed by atoms with Crippen LogP contribution in [0.4, 0.5) is 0 Å². The lowest BCUT2D eigenvalue weighted by Crippen LogP contribution is -2.37. The van der Waals surface area contributed by atoms with Crippen molar-refractivity contribution in [3.8, 4) is 0 Å². The maximum atomic E-state index is 7.13. The Morgan fingerprint density at radius 3 is 2.19 bits per heavy atom. The Morgan fingerprint density at radius 1 is 0.861 bits per heavy atom. The van der Waals surface area contributed by atoms with E-state index in [0.717, 1.165) is 21.7 Å². The van der Waals surface area contributed by atoms with Gasteiger partial charge in [0.15, 0.2) is 0 Å². The Balaban J connectivity index is 1.61. The Morgan fingerprint density at radius 2 is 1.53 bits per heavy atom. The molecule has 1 aromatic heterocycles. The molecule has 0 fully saturated rings. The second-order valence-corrected chi connectivity index (χ2v) is 9.49. The van der Waals surface area contributed by atoms with E-state index in [9.17, 15) is 0 Å². The molecule has 3 aromatic carbocycles. The average molecular weight is 468 g/mol. The topological polar surface area (TPSA) is 57.0 Å². The van der Waals surface area contributed by atoms with Crippen molar-refractivity contribution in [2.75, 3.05) is 0 Å². The molecule has 2 atom stereocenters. The van der Waals surface area contributed by atoms with Gasteiger partial charge in [0.05, 0.1) is 22.4 Å². The number of aromatic nitrogens is 1. The summed E-state index contributed by atoms with van der Waals surface area (Å²) >= 11 is 0. The van der Waals surface area contributed by atoms with E-state index in [1.165, 1.54) is 16.5 Å². The Labute approximate surface area is 211 Å². The van der Waals surface area contributed by atoms with Gasteiger partial charge in [0, 0.05) is 22.2 Å². The van der Waals surface area contributed by atoms with Crippen LogP contribution in [-0.4, -0.2) is 4.57 Å². The van der Waals surface area contributed by atoms with Crippen molar-refractivity contribution >= 4 is 23.1 Å². The number of hydrogen-bond acceptors (Lipinski definition) is 2. The van der Waals surface area contributed by atoms with Crippen LogP contribution in [0, 0.1) is 0 Å². The van der Waals surface area contributed by atoms with Gasteiger partial charge in [-0.05, 0) is 28.8 Å². The van der Waals surface area contributed by atoms with E-state index in [1.807, 2.05) is 48.6 Å². The SMILES string of the molecule is C=C\C=c1/c(=C\C(N)=C\C(N)(c2ccccc2)c2ccccc2)n2c3c(cccc13)C1C=CC=CC12. The minimum absolute atomic E-state index is 0.215. The second kappa shape index (κ2) is 8.71. The van der Waals surface area contributed by atoms with Gasteiger partial charge < -0.3 is 16.0 Å². The van der Waals surface area contributed by atoms with Crippen molar-refractivity contribution < 1.29 is 0 Å². The normalized spacial score (nSPS) is 19.8. The maximum absolute atomic E-state index is 7.13. The van der Waals surface area contributed by atoms with Crippen LogP contribution in [0.15, 0.2) is 128 Å². The molecule has 4 aromatic rings. The molecule has 6 rings (SSSR count). The van der Waals surface area contributed by atoms with E-state index in [4.69, 9.17) is 11.5 Å². The first-order valence-corrected chi connectivity index (χ1v) is 12.3. The van der Waals surface area contributed by atoms with Crippen LogP contribution < -0.4 is 22.0 Å². The summed E-state index contributed by atoms with van der Waals surface area (Å²) in [6.45, 7) is 3.98. The van der Waals surface area contributed by atoms with Crippen LogP contribution in [0.1, 0.15) is 28.7 Å². The summed E-state index contributed by atoms with van der Waals surface area (Å²) in [7, 11) is 0. The predicted octanol–water partition coefficient (Wildman–Crippen LogP) is 4.90. The standard InChI is InChI=1S/C33H29N3/c1-2-12-26-28-18-11-19-29-27-17-9-10-20-30(27)36(32(28)29)31(26)21-25(34)22-33(35,23-13-5-3-6-14-23)24-15-7-4-8-16-24/h2-22,27,30H,1,34-35H2/b25-22-,26-12-,31-21+. The molecular formula is C33H29N3. The summed E-state index contributed by atoms with van der Waals surface area (Å²) in [4.78, 5) is 0. The number of hydrogen-bond donors (Lipinski definition) is 2. The van der Waals surface area contributed by atoms with Gasteiger partial charge in [-0.3, -0.25) is 0 Å². The van der Waals surface area contributed by atoms with Crippen LogP contribution in [0.3, 0.4) is 0 Å². The van der Waals surface area contributed by atoms with Crippen molar-refractivity contribution in [1.29, 1.82) is 0 Å². The molecule has 176 valence electrons. The number of nitrogens with two attached hydrogens (primary N) is 2. The van der Waals surface area contributed by atoms with Gasteiger partial charge in [-0.15, -0.1) is 0 Å². The lowest BCUT2D eigenvalue weighted by atomic mass is 9.83. The number of nitrogens with zero attached hydrogens (tertiary/aromatic N) is 1. The highest BCUT2D eigenvalue weighted by molar-refractivity contribution is 5.88. The summed E-state index contributed by atoms with van der Waals surface area (Å²) < 4.78 is 2.43. The molecule has 0 amide bonds. The summed E-state index contributed by atoms with van der Waals surface area (Å²) in [5.74, 6) is 0.325. The number of para-hydroxylation sites is 1. The smallest absolute Gasteiger partial charge is 0.0875 e. The van der Waals surface area contributed by atoms with Crippen LogP contribution >= 0.6 is 0 Å². The number of rotatable bonds is 5. The molecule has 2 heterocycles. The average Bonchev–Trinajstić information content (AvgIpc) is 3.41. The Hall–Kier alpha value is -4.34. The first-order valence-electron chi connectivity index (χ1n) is 12.3. The molecule has 2 unspecified atom stereocenters. The minimum Gasteiger partial charge on any atom is -0.399 e. The number of allylic oxidation sites excluding steroid dienone is 6. The molecule has 4 N–H and O–H groups in total. The molecule has 2 aliphatic rings. The molecule has 0 bridgehead atoms. The lowest BCUT2D eigenvalue weighted by Gasteiger charge is -2.28. The highest BCUT2D eigenvalue weighted by Gasteiger charge is 2.33. The van der Waals surface area contributed by atoms with E-state index in [1.54, 1.807) is 0 Å². The van der Waals surface area contributed by atoms with Gasteiger partial charge >= 0.3 is 0 Å². The van der Waals surface area contributed by atoms with Crippen LogP contribution in [0.5, 0.6) is 0 Å². The molecule has 3 heteroatoms. The summed E-state index contributed by atoms with van der Waals surface area (Å²) in [6.07, 6.45) is 16.8. The quantitative estimate of drug-likeness (QED) is 0.439. The fourth-order valence-electron chi connectivity index (χ4n) is 5.81. The summed E-state index contributed by atoms with van der Waals surface area (Å²) in [5.41, 5.74) is 18.3. The van der Waals surface area contributed by atoms with E-state index in [0.29, 0.717) is 11.6 Å². The van der Waals surface area contributed by atoms with Crippen molar-refractivity contribution in [2.24, 2.45) is 11.5 Å². The lowest BCUT2D eigenvalue weighted by molar-refractivity contribution is 0.587.